The second-order valence-electron chi connectivity index (χ2n) is 2.33. The van der Waals surface area contributed by atoms with Gasteiger partial charge in [0.15, 0.2) is 0 Å². The van der Waals surface area contributed by atoms with Gasteiger partial charge in [-0.05, 0) is 20.3 Å². The van der Waals surface area contributed by atoms with Crippen LogP contribution < -0.4 is 0 Å². The first kappa shape index (κ1) is 12.2. The largest absolute Gasteiger partial charge is 0.330 e. The zero-order valence-corrected chi connectivity index (χ0v) is 8.97. The van der Waals surface area contributed by atoms with E-state index in [-0.39, 0.29) is 0 Å². The van der Waals surface area contributed by atoms with Crippen molar-refractivity contribution in [3.63, 3.8) is 0 Å². The lowest BCUT2D eigenvalue weighted by atomic mass is 10.4. The third-order valence-electron chi connectivity index (χ3n) is 1.29. The maximum atomic E-state index is 11.7. The van der Waals surface area contributed by atoms with Crippen LogP contribution in [-0.2, 0) is 13.6 Å². The molecule has 1 radical (unpaired) electrons. The van der Waals surface area contributed by atoms with Gasteiger partial charge >= 0.3 is 7.60 Å². The van der Waals surface area contributed by atoms with Gasteiger partial charge in [0, 0.05) is 0 Å². The minimum Gasteiger partial charge on any atom is -0.309 e. The van der Waals surface area contributed by atoms with Gasteiger partial charge in [0.25, 0.3) is 0 Å². The van der Waals surface area contributed by atoms with Crippen molar-refractivity contribution in [3.05, 3.63) is 6.42 Å². The summed E-state index contributed by atoms with van der Waals surface area (Å²) in [6.45, 7) is 6.52. The Morgan fingerprint density at radius 2 is 1.67 bits per heavy atom. The van der Waals surface area contributed by atoms with Crippen molar-refractivity contribution < 1.29 is 13.6 Å². The summed E-state index contributed by atoms with van der Waals surface area (Å²) in [7, 11) is -2.79. The first-order chi connectivity index (χ1) is 5.68. The molecule has 0 aliphatic heterocycles. The summed E-state index contributed by atoms with van der Waals surface area (Å²) in [4.78, 5) is 0. The molecule has 0 atom stereocenters. The first-order valence-electron chi connectivity index (χ1n) is 4.38. The van der Waals surface area contributed by atoms with Crippen LogP contribution in [0.15, 0.2) is 0 Å². The van der Waals surface area contributed by atoms with Crippen molar-refractivity contribution in [2.75, 3.05) is 19.4 Å². The lowest BCUT2D eigenvalue weighted by Gasteiger charge is -2.15. The fourth-order valence-electron chi connectivity index (χ4n) is 0.823. The van der Waals surface area contributed by atoms with Crippen LogP contribution in [0.3, 0.4) is 0 Å². The van der Waals surface area contributed by atoms with Gasteiger partial charge in [-0.25, -0.2) is 0 Å². The molecule has 0 aromatic carbocycles. The monoisotopic (exact) mass is 193 g/mol. The molecule has 73 valence electrons. The molecule has 4 heteroatoms. The van der Waals surface area contributed by atoms with Crippen LogP contribution in [-0.4, -0.2) is 19.4 Å². The van der Waals surface area contributed by atoms with Crippen LogP contribution in [0.25, 0.3) is 0 Å². The van der Waals surface area contributed by atoms with E-state index in [2.05, 4.69) is 0 Å². The van der Waals surface area contributed by atoms with Gasteiger partial charge in [-0.15, -0.1) is 0 Å². The minimum atomic E-state index is -2.79. The second-order valence-corrected chi connectivity index (χ2v) is 4.43. The molecule has 3 nitrogen and oxygen atoms in total. The van der Waals surface area contributed by atoms with Gasteiger partial charge < -0.3 is 9.05 Å². The standard InChI is InChI=1S/C8H18O3P/c1-4-7-8-12(9,10-5-2)11-6-3/h7H,4-6,8H2,1-3H3. The molecule has 0 saturated carbocycles. The fourth-order valence-corrected chi connectivity index (χ4v) is 2.47. The third kappa shape index (κ3) is 4.91. The molecular formula is C8H18O3P. The topological polar surface area (TPSA) is 35.5 Å². The Labute approximate surface area is 75.0 Å². The molecule has 0 fully saturated rings. The van der Waals surface area contributed by atoms with Crippen LogP contribution in [0.4, 0.5) is 0 Å². The number of unbranched alkanes of at least 4 members (excludes halogenated alkanes) is 1. The molecule has 0 N–H and O–H groups in total. The zero-order chi connectivity index (χ0) is 9.45. The molecule has 0 aromatic rings. The van der Waals surface area contributed by atoms with Gasteiger partial charge in [-0.3, -0.25) is 4.57 Å². The average Bonchev–Trinajstić information content (AvgIpc) is 2.02. The second kappa shape index (κ2) is 6.64. The summed E-state index contributed by atoms with van der Waals surface area (Å²) < 4.78 is 21.8. The molecule has 0 amide bonds. The van der Waals surface area contributed by atoms with E-state index in [0.717, 1.165) is 6.42 Å². The molecule has 0 bridgehead atoms. The van der Waals surface area contributed by atoms with E-state index in [4.69, 9.17) is 9.05 Å². The van der Waals surface area contributed by atoms with Gasteiger partial charge in [-0.2, -0.15) is 0 Å². The molecule has 0 rings (SSSR count). The summed E-state index contributed by atoms with van der Waals surface area (Å²) in [6.07, 6.45) is 3.24. The highest BCUT2D eigenvalue weighted by molar-refractivity contribution is 7.54. The smallest absolute Gasteiger partial charge is 0.309 e. The predicted octanol–water partition coefficient (Wildman–Crippen LogP) is 2.87. The van der Waals surface area contributed by atoms with Crippen LogP contribution >= 0.6 is 7.60 Å². The van der Waals surface area contributed by atoms with E-state index in [1.807, 2.05) is 27.2 Å². The molecule has 0 aromatic heterocycles. The molecule has 0 spiro atoms. The van der Waals surface area contributed by atoms with Crippen LogP contribution in [0.2, 0.25) is 0 Å². The summed E-state index contributed by atoms with van der Waals surface area (Å²) in [5, 5.41) is 0. The predicted molar refractivity (Wildman–Crippen MR) is 50.3 cm³/mol. The lowest BCUT2D eigenvalue weighted by molar-refractivity contribution is 0.221. The molecular weight excluding hydrogens is 175 g/mol. The molecule has 0 aliphatic rings. The Morgan fingerprint density at radius 3 is 2.00 bits per heavy atom. The zero-order valence-electron chi connectivity index (χ0n) is 8.08. The van der Waals surface area contributed by atoms with Crippen LogP contribution in [0.1, 0.15) is 27.2 Å². The molecule has 0 aliphatic carbocycles. The number of hydrogen-bond acceptors (Lipinski definition) is 3. The van der Waals surface area contributed by atoms with Crippen molar-refractivity contribution in [3.8, 4) is 0 Å². The third-order valence-corrected chi connectivity index (χ3v) is 3.30. The van der Waals surface area contributed by atoms with Gasteiger partial charge in [0.1, 0.15) is 0 Å². The van der Waals surface area contributed by atoms with Gasteiger partial charge in [0.05, 0.1) is 19.4 Å². The number of rotatable bonds is 7. The van der Waals surface area contributed by atoms with Crippen molar-refractivity contribution in [1.82, 2.24) is 0 Å². The van der Waals surface area contributed by atoms with Gasteiger partial charge in [-0.1, -0.05) is 13.3 Å². The van der Waals surface area contributed by atoms with E-state index in [9.17, 15) is 4.57 Å². The van der Waals surface area contributed by atoms with E-state index >= 15 is 0 Å². The Hall–Kier alpha value is 0.150. The highest BCUT2D eigenvalue weighted by atomic mass is 31.2. The molecule has 12 heavy (non-hydrogen) atoms. The summed E-state index contributed by atoms with van der Waals surface area (Å²) in [6, 6.07) is 0. The van der Waals surface area contributed by atoms with Crippen molar-refractivity contribution in [1.29, 1.82) is 0 Å². The van der Waals surface area contributed by atoms with E-state index in [0.29, 0.717) is 19.4 Å². The average molecular weight is 193 g/mol. The molecule has 0 saturated heterocycles. The Kier molecular flexibility index (Phi) is 6.73. The summed E-state index contributed by atoms with van der Waals surface area (Å²) in [5.74, 6) is 0. The SMILES string of the molecule is CC[CH]CP(=O)(OCC)OCC. The van der Waals surface area contributed by atoms with E-state index in [1.54, 1.807) is 0 Å². The minimum absolute atomic E-state index is 0.422. The molecule has 0 heterocycles. The summed E-state index contributed by atoms with van der Waals surface area (Å²) >= 11 is 0. The first-order valence-corrected chi connectivity index (χ1v) is 6.11. The quantitative estimate of drug-likeness (QED) is 0.583. The summed E-state index contributed by atoms with van der Waals surface area (Å²) in [5.41, 5.74) is 0. The van der Waals surface area contributed by atoms with E-state index in [1.165, 1.54) is 0 Å². The van der Waals surface area contributed by atoms with Crippen LogP contribution in [0, 0.1) is 6.42 Å². The van der Waals surface area contributed by atoms with Crippen molar-refractivity contribution in [2.24, 2.45) is 0 Å². The Morgan fingerprint density at radius 1 is 1.17 bits per heavy atom. The van der Waals surface area contributed by atoms with E-state index < -0.39 is 7.60 Å². The lowest BCUT2D eigenvalue weighted by Crippen LogP contribution is -2.00. The normalized spacial score (nSPS) is 11.9. The Bertz CT molecular complexity index is 137. The highest BCUT2D eigenvalue weighted by Gasteiger charge is 2.21. The molecule has 0 unspecified atom stereocenters. The van der Waals surface area contributed by atoms with Gasteiger partial charge in [0.2, 0.25) is 0 Å². The highest BCUT2D eigenvalue weighted by Crippen LogP contribution is 2.48. The fraction of sp³-hybridized carbons (Fsp3) is 0.875. The Balaban J connectivity index is 3.90. The maximum Gasteiger partial charge on any atom is 0.330 e. The van der Waals surface area contributed by atoms with Crippen molar-refractivity contribution >= 4 is 7.60 Å². The number of hydrogen-bond donors (Lipinski definition) is 0. The maximum absolute atomic E-state index is 11.7. The van der Waals surface area contributed by atoms with Crippen LogP contribution in [0.5, 0.6) is 0 Å². The van der Waals surface area contributed by atoms with Crippen molar-refractivity contribution in [2.45, 2.75) is 27.2 Å².